The van der Waals surface area contributed by atoms with E-state index in [1.807, 2.05) is 30.3 Å². The van der Waals surface area contributed by atoms with E-state index in [0.29, 0.717) is 17.8 Å². The number of rotatable bonds is 7. The van der Waals surface area contributed by atoms with Gasteiger partial charge in [0.1, 0.15) is 41.5 Å². The third-order valence-corrected chi connectivity index (χ3v) is 5.55. The number of hydrogen-bond donors (Lipinski definition) is 4. The maximum atomic E-state index is 10.3. The SMILES string of the molecule is COc1cccc(CCc2coc3cccc(O[C@@H]4O[C@H](CO)[C@@H](O)[C@H](O)[C@H]4O)c23)c1. The number of fused-ring (bicyclic) bond motifs is 1. The second-order valence-electron chi connectivity index (χ2n) is 7.56. The molecule has 2 heterocycles. The van der Waals surface area contributed by atoms with Gasteiger partial charge in [0, 0.05) is 5.56 Å². The maximum Gasteiger partial charge on any atom is 0.229 e. The van der Waals surface area contributed by atoms with Crippen molar-refractivity contribution in [3.63, 3.8) is 0 Å². The quantitative estimate of drug-likeness (QED) is 0.444. The summed E-state index contributed by atoms with van der Waals surface area (Å²) in [6.45, 7) is -0.521. The normalized spacial score (nSPS) is 26.2. The highest BCUT2D eigenvalue weighted by Crippen LogP contribution is 2.34. The van der Waals surface area contributed by atoms with Gasteiger partial charge in [0.2, 0.25) is 6.29 Å². The van der Waals surface area contributed by atoms with Crippen molar-refractivity contribution < 1.29 is 39.1 Å². The van der Waals surface area contributed by atoms with E-state index in [1.54, 1.807) is 25.5 Å². The number of aliphatic hydroxyl groups excluding tert-OH is 4. The zero-order valence-corrected chi connectivity index (χ0v) is 17.0. The van der Waals surface area contributed by atoms with Gasteiger partial charge in [-0.15, -0.1) is 0 Å². The summed E-state index contributed by atoms with van der Waals surface area (Å²) in [5.74, 6) is 1.21. The average molecular weight is 430 g/mol. The number of aryl methyl sites for hydroxylation is 2. The molecule has 0 radical (unpaired) electrons. The van der Waals surface area contributed by atoms with Crippen molar-refractivity contribution in [3.8, 4) is 11.5 Å². The first kappa shape index (κ1) is 21.6. The van der Waals surface area contributed by atoms with Crippen LogP contribution in [-0.2, 0) is 17.6 Å². The summed E-state index contributed by atoms with van der Waals surface area (Å²) in [5.41, 5.74) is 2.64. The molecule has 31 heavy (non-hydrogen) atoms. The first-order valence-corrected chi connectivity index (χ1v) is 10.1. The van der Waals surface area contributed by atoms with Crippen molar-refractivity contribution in [3.05, 3.63) is 59.9 Å². The molecule has 8 heteroatoms. The molecule has 0 unspecified atom stereocenters. The second kappa shape index (κ2) is 9.25. The van der Waals surface area contributed by atoms with Gasteiger partial charge in [0.05, 0.1) is 25.4 Å². The van der Waals surface area contributed by atoms with Gasteiger partial charge in [-0.1, -0.05) is 18.2 Å². The van der Waals surface area contributed by atoms with E-state index in [0.717, 1.165) is 28.7 Å². The third kappa shape index (κ3) is 4.39. The molecule has 1 saturated heterocycles. The van der Waals surface area contributed by atoms with E-state index >= 15 is 0 Å². The van der Waals surface area contributed by atoms with Gasteiger partial charge >= 0.3 is 0 Å². The van der Waals surface area contributed by atoms with Gasteiger partial charge in [-0.05, 0) is 42.7 Å². The minimum Gasteiger partial charge on any atom is -0.497 e. The second-order valence-corrected chi connectivity index (χ2v) is 7.56. The zero-order chi connectivity index (χ0) is 22.0. The molecular weight excluding hydrogens is 404 g/mol. The Labute approximate surface area is 179 Å². The Morgan fingerprint density at radius 3 is 2.55 bits per heavy atom. The number of hydrogen-bond acceptors (Lipinski definition) is 8. The summed E-state index contributed by atoms with van der Waals surface area (Å²) in [6.07, 6.45) is -3.64. The Morgan fingerprint density at radius 2 is 1.77 bits per heavy atom. The maximum absolute atomic E-state index is 10.3. The largest absolute Gasteiger partial charge is 0.497 e. The molecule has 0 saturated carbocycles. The molecular formula is C23H26O8. The van der Waals surface area contributed by atoms with E-state index in [9.17, 15) is 20.4 Å². The molecule has 3 aromatic rings. The molecule has 8 nitrogen and oxygen atoms in total. The van der Waals surface area contributed by atoms with Crippen LogP contribution in [0, 0.1) is 0 Å². The topological polar surface area (TPSA) is 122 Å². The van der Waals surface area contributed by atoms with Gasteiger partial charge in [-0.25, -0.2) is 0 Å². The zero-order valence-electron chi connectivity index (χ0n) is 17.0. The van der Waals surface area contributed by atoms with Crippen LogP contribution < -0.4 is 9.47 Å². The Balaban J connectivity index is 1.57. The summed E-state index contributed by atoms with van der Waals surface area (Å²) >= 11 is 0. The van der Waals surface area contributed by atoms with Crippen LogP contribution >= 0.6 is 0 Å². The fourth-order valence-corrected chi connectivity index (χ4v) is 3.80. The number of furan rings is 1. The third-order valence-electron chi connectivity index (χ3n) is 5.55. The predicted molar refractivity (Wildman–Crippen MR) is 111 cm³/mol. The highest BCUT2D eigenvalue weighted by Gasteiger charge is 2.44. The summed E-state index contributed by atoms with van der Waals surface area (Å²) in [4.78, 5) is 0. The minimum atomic E-state index is -1.51. The number of benzene rings is 2. The van der Waals surface area contributed by atoms with Crippen LogP contribution in [-0.4, -0.2) is 64.8 Å². The molecule has 4 rings (SSSR count). The molecule has 0 aliphatic carbocycles. The van der Waals surface area contributed by atoms with Crippen LogP contribution in [0.1, 0.15) is 11.1 Å². The van der Waals surface area contributed by atoms with Crippen LogP contribution in [0.25, 0.3) is 11.0 Å². The summed E-state index contributed by atoms with van der Waals surface area (Å²) in [7, 11) is 1.63. The lowest BCUT2D eigenvalue weighted by atomic mass is 9.99. The van der Waals surface area contributed by atoms with Gasteiger partial charge in [0.15, 0.2) is 0 Å². The Morgan fingerprint density at radius 1 is 0.968 bits per heavy atom. The van der Waals surface area contributed by atoms with Crippen molar-refractivity contribution in [2.45, 2.75) is 43.5 Å². The van der Waals surface area contributed by atoms with E-state index in [-0.39, 0.29) is 0 Å². The average Bonchev–Trinajstić information content (AvgIpc) is 3.22. The van der Waals surface area contributed by atoms with E-state index < -0.39 is 37.3 Å². The van der Waals surface area contributed by atoms with Crippen molar-refractivity contribution in [2.24, 2.45) is 0 Å². The first-order chi connectivity index (χ1) is 15.0. The van der Waals surface area contributed by atoms with Crippen LogP contribution in [0.3, 0.4) is 0 Å². The molecule has 1 aromatic heterocycles. The highest BCUT2D eigenvalue weighted by molar-refractivity contribution is 5.87. The Hall–Kier alpha value is -2.62. The molecule has 1 aliphatic rings. The number of ether oxygens (including phenoxy) is 3. The molecule has 5 atom stereocenters. The Bertz CT molecular complexity index is 1010. The molecule has 1 aliphatic heterocycles. The molecule has 166 valence electrons. The van der Waals surface area contributed by atoms with E-state index in [1.165, 1.54) is 0 Å². The number of methoxy groups -OCH3 is 1. The lowest BCUT2D eigenvalue weighted by molar-refractivity contribution is -0.277. The molecule has 0 spiro atoms. The van der Waals surface area contributed by atoms with Crippen LogP contribution in [0.15, 0.2) is 53.1 Å². The molecule has 1 fully saturated rings. The van der Waals surface area contributed by atoms with Gasteiger partial charge in [-0.2, -0.15) is 0 Å². The highest BCUT2D eigenvalue weighted by atomic mass is 16.7. The van der Waals surface area contributed by atoms with Gasteiger partial charge in [-0.3, -0.25) is 0 Å². The first-order valence-electron chi connectivity index (χ1n) is 10.1. The number of aliphatic hydroxyl groups is 4. The van der Waals surface area contributed by atoms with Crippen LogP contribution in [0.5, 0.6) is 11.5 Å². The summed E-state index contributed by atoms with van der Waals surface area (Å²) in [6, 6.07) is 13.1. The molecule has 4 N–H and O–H groups in total. The van der Waals surface area contributed by atoms with Crippen molar-refractivity contribution in [1.82, 2.24) is 0 Å². The van der Waals surface area contributed by atoms with Crippen LogP contribution in [0.2, 0.25) is 0 Å². The molecule has 0 bridgehead atoms. The summed E-state index contributed by atoms with van der Waals surface area (Å²) in [5, 5.41) is 40.4. The van der Waals surface area contributed by atoms with Crippen molar-refractivity contribution in [2.75, 3.05) is 13.7 Å². The van der Waals surface area contributed by atoms with Crippen molar-refractivity contribution >= 4 is 11.0 Å². The Kier molecular flexibility index (Phi) is 6.45. The smallest absolute Gasteiger partial charge is 0.229 e. The predicted octanol–water partition coefficient (Wildman–Crippen LogP) is 1.41. The fourth-order valence-electron chi connectivity index (χ4n) is 3.80. The lowest BCUT2D eigenvalue weighted by Crippen LogP contribution is -2.60. The van der Waals surface area contributed by atoms with E-state index in [4.69, 9.17) is 18.6 Å². The van der Waals surface area contributed by atoms with E-state index in [2.05, 4.69) is 0 Å². The standard InChI is InChI=1S/C23H26O8/c1-28-15-5-2-4-13(10-15)8-9-14-12-29-16-6-3-7-17(19(14)16)30-23-22(27)21(26)20(25)18(11-24)31-23/h2-7,10,12,18,20-27H,8-9,11H2,1H3/t18-,20-,21+,22-,23-/m1/s1. The van der Waals surface area contributed by atoms with Gasteiger partial charge in [0.25, 0.3) is 0 Å². The summed E-state index contributed by atoms with van der Waals surface area (Å²) < 4.78 is 22.3. The molecule has 0 amide bonds. The monoisotopic (exact) mass is 430 g/mol. The minimum absolute atomic E-state index is 0.413. The fraction of sp³-hybridized carbons (Fsp3) is 0.391. The lowest BCUT2D eigenvalue weighted by Gasteiger charge is -2.39. The van der Waals surface area contributed by atoms with Crippen LogP contribution in [0.4, 0.5) is 0 Å². The molecule has 2 aromatic carbocycles. The van der Waals surface area contributed by atoms with Gasteiger partial charge < -0.3 is 39.1 Å². The van der Waals surface area contributed by atoms with Crippen molar-refractivity contribution in [1.29, 1.82) is 0 Å².